The van der Waals surface area contributed by atoms with Gasteiger partial charge in [0.25, 0.3) is 0 Å². The fourth-order valence-electron chi connectivity index (χ4n) is 1.78. The maximum absolute atomic E-state index is 9.68. The number of thiazole rings is 1. The number of pyridine rings is 1. The van der Waals surface area contributed by atoms with E-state index in [1.165, 1.54) is 24.5 Å². The van der Waals surface area contributed by atoms with Crippen molar-refractivity contribution >= 4 is 21.6 Å². The van der Waals surface area contributed by atoms with Crippen molar-refractivity contribution in [1.82, 2.24) is 9.97 Å². The summed E-state index contributed by atoms with van der Waals surface area (Å²) in [6.45, 7) is 0. The number of aromatic nitrogens is 2. The van der Waals surface area contributed by atoms with Crippen molar-refractivity contribution in [1.29, 1.82) is 0 Å². The molecule has 0 aliphatic carbocycles. The molecule has 0 bridgehead atoms. The zero-order valence-electron chi connectivity index (χ0n) is 9.99. The fourth-order valence-corrected chi connectivity index (χ4v) is 2.70. The van der Waals surface area contributed by atoms with Crippen LogP contribution in [0.3, 0.4) is 0 Å². The van der Waals surface area contributed by atoms with Crippen molar-refractivity contribution in [3.63, 3.8) is 0 Å². The summed E-state index contributed by atoms with van der Waals surface area (Å²) in [4.78, 5) is 8.50. The number of methoxy groups -OCH3 is 1. The zero-order valence-corrected chi connectivity index (χ0v) is 10.8. The van der Waals surface area contributed by atoms with E-state index in [-0.39, 0.29) is 17.2 Å². The third-order valence-corrected chi connectivity index (χ3v) is 3.77. The smallest absolute Gasteiger partial charge is 0.200 e. The molecule has 0 aliphatic rings. The van der Waals surface area contributed by atoms with E-state index in [0.29, 0.717) is 5.56 Å². The first-order chi connectivity index (χ1) is 9.19. The van der Waals surface area contributed by atoms with E-state index >= 15 is 0 Å². The Kier molecular flexibility index (Phi) is 2.72. The number of phenolic OH excluding ortho intramolecular Hbond substituents is 2. The monoisotopic (exact) mass is 274 g/mol. The Bertz CT molecular complexity index is 722. The number of rotatable bonds is 2. The first kappa shape index (κ1) is 11.7. The molecule has 0 spiro atoms. The highest BCUT2D eigenvalue weighted by Gasteiger charge is 2.13. The standard InChI is InChI=1S/C13H10N2O3S/c1-18-10-5-7(4-9(16)12(10)17)13-15-8-2-3-14-6-11(8)19-13/h2-6,16-17H,1H3. The number of phenols is 2. The first-order valence-electron chi connectivity index (χ1n) is 5.50. The Labute approximate surface area is 112 Å². The topological polar surface area (TPSA) is 75.5 Å². The molecular weight excluding hydrogens is 264 g/mol. The Morgan fingerprint density at radius 3 is 2.84 bits per heavy atom. The predicted molar refractivity (Wildman–Crippen MR) is 72.7 cm³/mol. The average Bonchev–Trinajstić information content (AvgIpc) is 2.85. The van der Waals surface area contributed by atoms with E-state index < -0.39 is 0 Å². The quantitative estimate of drug-likeness (QED) is 0.703. The SMILES string of the molecule is COc1cc(-c2nc3ccncc3s2)cc(O)c1O. The van der Waals surface area contributed by atoms with Crippen LogP contribution in [0.5, 0.6) is 17.2 Å². The lowest BCUT2D eigenvalue weighted by atomic mass is 10.2. The zero-order chi connectivity index (χ0) is 13.4. The molecule has 3 aromatic rings. The van der Waals surface area contributed by atoms with Crippen molar-refractivity contribution in [2.75, 3.05) is 7.11 Å². The summed E-state index contributed by atoms with van der Waals surface area (Å²) in [5, 5.41) is 20.0. The van der Waals surface area contributed by atoms with Crippen LogP contribution in [0.2, 0.25) is 0 Å². The minimum atomic E-state index is -0.269. The van der Waals surface area contributed by atoms with Gasteiger partial charge in [0.2, 0.25) is 5.75 Å². The molecule has 5 nitrogen and oxygen atoms in total. The molecular formula is C13H10N2O3S. The molecule has 0 saturated carbocycles. The van der Waals surface area contributed by atoms with Gasteiger partial charge in [-0.05, 0) is 18.2 Å². The van der Waals surface area contributed by atoms with Crippen molar-refractivity contribution in [2.24, 2.45) is 0 Å². The molecule has 0 radical (unpaired) electrons. The molecule has 96 valence electrons. The van der Waals surface area contributed by atoms with E-state index in [0.717, 1.165) is 15.2 Å². The highest BCUT2D eigenvalue weighted by molar-refractivity contribution is 7.21. The number of hydrogen-bond donors (Lipinski definition) is 2. The fraction of sp³-hybridized carbons (Fsp3) is 0.0769. The molecule has 3 rings (SSSR count). The Hall–Kier alpha value is -2.34. The van der Waals surface area contributed by atoms with E-state index in [1.807, 2.05) is 6.07 Å². The van der Waals surface area contributed by atoms with Crippen LogP contribution in [0.15, 0.2) is 30.6 Å². The summed E-state index contributed by atoms with van der Waals surface area (Å²) in [5.74, 6) is -0.284. The van der Waals surface area contributed by atoms with Crippen molar-refractivity contribution in [2.45, 2.75) is 0 Å². The summed E-state index contributed by atoms with van der Waals surface area (Å²) in [6.07, 6.45) is 3.43. The molecule has 2 N–H and O–H groups in total. The van der Waals surface area contributed by atoms with Gasteiger partial charge in [-0.1, -0.05) is 0 Å². The second-order valence-electron chi connectivity index (χ2n) is 3.91. The van der Waals surface area contributed by atoms with Crippen molar-refractivity contribution < 1.29 is 14.9 Å². The van der Waals surface area contributed by atoms with Gasteiger partial charge < -0.3 is 14.9 Å². The Morgan fingerprint density at radius 1 is 1.26 bits per heavy atom. The first-order valence-corrected chi connectivity index (χ1v) is 6.31. The number of fused-ring (bicyclic) bond motifs is 1. The second kappa shape index (κ2) is 4.40. The molecule has 0 unspecified atom stereocenters. The summed E-state index contributed by atoms with van der Waals surface area (Å²) in [6, 6.07) is 4.93. The molecule has 2 heterocycles. The van der Waals surface area contributed by atoms with Gasteiger partial charge >= 0.3 is 0 Å². The minimum Gasteiger partial charge on any atom is -0.504 e. The number of aromatic hydroxyl groups is 2. The molecule has 2 aromatic heterocycles. The normalized spacial score (nSPS) is 10.8. The molecule has 0 aliphatic heterocycles. The molecule has 1 aromatic carbocycles. The average molecular weight is 274 g/mol. The lowest BCUT2D eigenvalue weighted by molar-refractivity contribution is 0.351. The highest BCUT2D eigenvalue weighted by Crippen LogP contribution is 2.41. The van der Waals surface area contributed by atoms with Crippen molar-refractivity contribution in [3.8, 4) is 27.8 Å². The van der Waals surface area contributed by atoms with Crippen LogP contribution in [-0.4, -0.2) is 27.3 Å². The molecule has 6 heteroatoms. The van der Waals surface area contributed by atoms with E-state index in [4.69, 9.17) is 4.74 Å². The van der Waals surface area contributed by atoms with Gasteiger partial charge in [0.1, 0.15) is 5.01 Å². The number of ether oxygens (including phenoxy) is 1. The number of nitrogens with zero attached hydrogens (tertiary/aromatic N) is 2. The van der Waals surface area contributed by atoms with Gasteiger partial charge in [0.05, 0.1) is 17.3 Å². The highest BCUT2D eigenvalue weighted by atomic mass is 32.1. The van der Waals surface area contributed by atoms with Gasteiger partial charge in [-0.2, -0.15) is 0 Å². The molecule has 0 fully saturated rings. The number of hydrogen-bond acceptors (Lipinski definition) is 6. The Balaban J connectivity index is 2.18. The van der Waals surface area contributed by atoms with Gasteiger partial charge in [-0.25, -0.2) is 4.98 Å². The maximum Gasteiger partial charge on any atom is 0.200 e. The van der Waals surface area contributed by atoms with Crippen LogP contribution < -0.4 is 4.74 Å². The van der Waals surface area contributed by atoms with Crippen LogP contribution in [0.4, 0.5) is 0 Å². The van der Waals surface area contributed by atoms with Crippen LogP contribution in [0.1, 0.15) is 0 Å². The summed E-state index contributed by atoms with van der Waals surface area (Å²) >= 11 is 1.46. The summed E-state index contributed by atoms with van der Waals surface area (Å²) in [7, 11) is 1.43. The lowest BCUT2D eigenvalue weighted by Crippen LogP contribution is -1.85. The third kappa shape index (κ3) is 1.96. The molecule has 0 atom stereocenters. The minimum absolute atomic E-state index is 0.215. The number of benzene rings is 1. The summed E-state index contributed by atoms with van der Waals surface area (Å²) < 4.78 is 5.98. The van der Waals surface area contributed by atoms with Crippen molar-refractivity contribution in [3.05, 3.63) is 30.6 Å². The van der Waals surface area contributed by atoms with E-state index in [2.05, 4.69) is 9.97 Å². The second-order valence-corrected chi connectivity index (χ2v) is 4.94. The van der Waals surface area contributed by atoms with E-state index in [9.17, 15) is 10.2 Å². The third-order valence-electron chi connectivity index (χ3n) is 2.71. The van der Waals surface area contributed by atoms with Gasteiger partial charge in [0, 0.05) is 18.0 Å². The van der Waals surface area contributed by atoms with Crippen LogP contribution >= 0.6 is 11.3 Å². The van der Waals surface area contributed by atoms with Gasteiger partial charge in [-0.15, -0.1) is 11.3 Å². The predicted octanol–water partition coefficient (Wildman–Crippen LogP) is 2.78. The van der Waals surface area contributed by atoms with Crippen LogP contribution in [-0.2, 0) is 0 Å². The maximum atomic E-state index is 9.68. The molecule has 0 saturated heterocycles. The summed E-state index contributed by atoms with van der Waals surface area (Å²) in [5.41, 5.74) is 1.54. The van der Waals surface area contributed by atoms with Crippen LogP contribution in [0, 0.1) is 0 Å². The van der Waals surface area contributed by atoms with Gasteiger partial charge in [0.15, 0.2) is 11.5 Å². The van der Waals surface area contributed by atoms with Crippen LogP contribution in [0.25, 0.3) is 20.8 Å². The van der Waals surface area contributed by atoms with E-state index in [1.54, 1.807) is 18.5 Å². The Morgan fingerprint density at radius 2 is 2.11 bits per heavy atom. The lowest BCUT2D eigenvalue weighted by Gasteiger charge is -2.06. The molecule has 19 heavy (non-hydrogen) atoms. The molecule has 0 amide bonds. The largest absolute Gasteiger partial charge is 0.504 e. The van der Waals surface area contributed by atoms with Gasteiger partial charge in [-0.3, -0.25) is 4.98 Å².